The van der Waals surface area contributed by atoms with Gasteiger partial charge in [0.15, 0.2) is 6.29 Å². The Bertz CT molecular complexity index is 623. The molecule has 1 fully saturated rings. The highest BCUT2D eigenvalue weighted by atomic mass is 35.5. The zero-order valence-electron chi connectivity index (χ0n) is 10.3. The predicted octanol–water partition coefficient (Wildman–Crippen LogP) is 3.88. The van der Waals surface area contributed by atoms with Crippen molar-refractivity contribution in [3.8, 4) is 11.3 Å². The number of aromatic nitrogens is 2. The van der Waals surface area contributed by atoms with Gasteiger partial charge in [-0.05, 0) is 24.3 Å². The maximum absolute atomic E-state index is 11.2. The monoisotopic (exact) mass is 272 g/mol. The number of carbonyl (C=O) groups excluding carboxylic acids is 1. The molecule has 1 aliphatic carbocycles. The van der Waals surface area contributed by atoms with Crippen molar-refractivity contribution in [3.05, 3.63) is 46.9 Å². The molecule has 0 bridgehead atoms. The van der Waals surface area contributed by atoms with E-state index in [0.29, 0.717) is 17.2 Å². The minimum atomic E-state index is 0.211. The SMILES string of the molecule is O=Cc1c(Cl)ncnc1-c1ccccc1C1CCC1. The van der Waals surface area contributed by atoms with Crippen molar-refractivity contribution < 1.29 is 4.79 Å². The molecule has 0 amide bonds. The van der Waals surface area contributed by atoms with Crippen molar-refractivity contribution in [1.29, 1.82) is 0 Å². The van der Waals surface area contributed by atoms with Gasteiger partial charge < -0.3 is 0 Å². The van der Waals surface area contributed by atoms with Crippen LogP contribution in [-0.2, 0) is 0 Å². The zero-order chi connectivity index (χ0) is 13.2. The van der Waals surface area contributed by atoms with Gasteiger partial charge >= 0.3 is 0 Å². The summed E-state index contributed by atoms with van der Waals surface area (Å²) in [6.45, 7) is 0. The van der Waals surface area contributed by atoms with Crippen LogP contribution in [-0.4, -0.2) is 16.3 Å². The van der Waals surface area contributed by atoms with Crippen molar-refractivity contribution in [2.45, 2.75) is 25.2 Å². The highest BCUT2D eigenvalue weighted by molar-refractivity contribution is 6.32. The second-order valence-electron chi connectivity index (χ2n) is 4.76. The van der Waals surface area contributed by atoms with Gasteiger partial charge in [0, 0.05) is 5.56 Å². The van der Waals surface area contributed by atoms with E-state index in [9.17, 15) is 4.79 Å². The van der Waals surface area contributed by atoms with E-state index in [1.54, 1.807) is 0 Å². The first-order valence-electron chi connectivity index (χ1n) is 6.36. The molecule has 1 aliphatic rings. The summed E-state index contributed by atoms with van der Waals surface area (Å²) in [5.41, 5.74) is 3.26. The largest absolute Gasteiger partial charge is 0.298 e. The van der Waals surface area contributed by atoms with Crippen LogP contribution in [0.15, 0.2) is 30.6 Å². The van der Waals surface area contributed by atoms with Gasteiger partial charge in [0.25, 0.3) is 0 Å². The first-order valence-corrected chi connectivity index (χ1v) is 6.74. The van der Waals surface area contributed by atoms with Crippen LogP contribution in [0, 0.1) is 0 Å². The number of halogens is 1. The van der Waals surface area contributed by atoms with E-state index in [2.05, 4.69) is 16.0 Å². The number of rotatable bonds is 3. The first-order chi connectivity index (χ1) is 9.31. The summed E-state index contributed by atoms with van der Waals surface area (Å²) in [5.74, 6) is 0.574. The second-order valence-corrected chi connectivity index (χ2v) is 5.12. The Balaban J connectivity index is 2.17. The van der Waals surface area contributed by atoms with Gasteiger partial charge in [0.1, 0.15) is 11.5 Å². The lowest BCUT2D eigenvalue weighted by molar-refractivity contribution is 0.112. The third kappa shape index (κ3) is 2.15. The van der Waals surface area contributed by atoms with Gasteiger partial charge in [0.2, 0.25) is 0 Å². The van der Waals surface area contributed by atoms with Crippen LogP contribution in [0.1, 0.15) is 41.1 Å². The fourth-order valence-corrected chi connectivity index (χ4v) is 2.66. The molecule has 1 heterocycles. The molecule has 0 saturated heterocycles. The third-order valence-electron chi connectivity index (χ3n) is 3.71. The lowest BCUT2D eigenvalue weighted by Gasteiger charge is -2.28. The number of hydrogen-bond donors (Lipinski definition) is 0. The van der Waals surface area contributed by atoms with E-state index in [0.717, 1.165) is 11.8 Å². The van der Waals surface area contributed by atoms with E-state index in [1.807, 2.05) is 18.2 Å². The molecule has 0 unspecified atom stereocenters. The minimum Gasteiger partial charge on any atom is -0.298 e. The average Bonchev–Trinajstić information content (AvgIpc) is 2.37. The summed E-state index contributed by atoms with van der Waals surface area (Å²) in [4.78, 5) is 19.3. The molecule has 0 N–H and O–H groups in total. The molecule has 0 spiro atoms. The van der Waals surface area contributed by atoms with E-state index in [1.165, 1.54) is 31.2 Å². The highest BCUT2D eigenvalue weighted by Gasteiger charge is 2.24. The number of aldehydes is 1. The maximum Gasteiger partial charge on any atom is 0.155 e. The van der Waals surface area contributed by atoms with Crippen LogP contribution >= 0.6 is 11.6 Å². The maximum atomic E-state index is 11.2. The summed E-state index contributed by atoms with van der Waals surface area (Å²) in [6.07, 6.45) is 5.81. The summed E-state index contributed by atoms with van der Waals surface area (Å²) < 4.78 is 0. The topological polar surface area (TPSA) is 42.9 Å². The van der Waals surface area contributed by atoms with Crippen molar-refractivity contribution in [1.82, 2.24) is 9.97 Å². The Morgan fingerprint density at radius 1 is 1.21 bits per heavy atom. The second kappa shape index (κ2) is 5.10. The quantitative estimate of drug-likeness (QED) is 0.629. The van der Waals surface area contributed by atoms with Gasteiger partial charge in [0.05, 0.1) is 11.3 Å². The molecule has 0 radical (unpaired) electrons. The van der Waals surface area contributed by atoms with Gasteiger partial charge in [-0.3, -0.25) is 4.79 Å². The van der Waals surface area contributed by atoms with Gasteiger partial charge in [-0.25, -0.2) is 9.97 Å². The van der Waals surface area contributed by atoms with Gasteiger partial charge in [-0.2, -0.15) is 0 Å². The van der Waals surface area contributed by atoms with Crippen LogP contribution < -0.4 is 0 Å². The Hall–Kier alpha value is -1.74. The molecule has 0 atom stereocenters. The van der Waals surface area contributed by atoms with Crippen LogP contribution in [0.4, 0.5) is 0 Å². The van der Waals surface area contributed by atoms with Crippen molar-refractivity contribution in [2.75, 3.05) is 0 Å². The van der Waals surface area contributed by atoms with Crippen molar-refractivity contribution >= 4 is 17.9 Å². The van der Waals surface area contributed by atoms with Crippen LogP contribution in [0.5, 0.6) is 0 Å². The number of carbonyl (C=O) groups is 1. The number of hydrogen-bond acceptors (Lipinski definition) is 3. The smallest absolute Gasteiger partial charge is 0.155 e. The molecule has 2 aromatic rings. The summed E-state index contributed by atoms with van der Waals surface area (Å²) in [6, 6.07) is 8.10. The number of benzene rings is 1. The fourth-order valence-electron chi connectivity index (χ4n) is 2.48. The number of nitrogens with zero attached hydrogens (tertiary/aromatic N) is 2. The van der Waals surface area contributed by atoms with Crippen LogP contribution in [0.25, 0.3) is 11.3 Å². The molecule has 1 aromatic carbocycles. The molecule has 3 nitrogen and oxygen atoms in total. The Morgan fingerprint density at radius 3 is 2.68 bits per heavy atom. The summed E-state index contributed by atoms with van der Waals surface area (Å²) in [5, 5.41) is 0.211. The van der Waals surface area contributed by atoms with E-state index in [-0.39, 0.29) is 5.15 Å². The van der Waals surface area contributed by atoms with Crippen molar-refractivity contribution in [3.63, 3.8) is 0 Å². The molecule has 3 rings (SSSR count). The molecule has 4 heteroatoms. The molecule has 0 aliphatic heterocycles. The van der Waals surface area contributed by atoms with E-state index < -0.39 is 0 Å². The van der Waals surface area contributed by atoms with Gasteiger partial charge in [-0.15, -0.1) is 0 Å². The minimum absolute atomic E-state index is 0.211. The molecule has 1 aromatic heterocycles. The molecule has 1 saturated carbocycles. The lowest BCUT2D eigenvalue weighted by Crippen LogP contribution is -2.10. The Labute approximate surface area is 116 Å². The highest BCUT2D eigenvalue weighted by Crippen LogP contribution is 2.41. The van der Waals surface area contributed by atoms with E-state index >= 15 is 0 Å². The van der Waals surface area contributed by atoms with Crippen LogP contribution in [0.2, 0.25) is 5.15 Å². The van der Waals surface area contributed by atoms with E-state index in [4.69, 9.17) is 11.6 Å². The standard InChI is InChI=1S/C15H13ClN2O/c16-15-13(8-19)14(17-9-18-15)12-7-2-1-6-11(12)10-4-3-5-10/h1-2,6-10H,3-5H2. The summed E-state index contributed by atoms with van der Waals surface area (Å²) in [7, 11) is 0. The fraction of sp³-hybridized carbons (Fsp3) is 0.267. The van der Waals surface area contributed by atoms with Crippen LogP contribution in [0.3, 0.4) is 0 Å². The Morgan fingerprint density at radius 2 is 2.00 bits per heavy atom. The zero-order valence-corrected chi connectivity index (χ0v) is 11.1. The first kappa shape index (κ1) is 12.3. The lowest BCUT2D eigenvalue weighted by atomic mass is 9.77. The molecular weight excluding hydrogens is 260 g/mol. The third-order valence-corrected chi connectivity index (χ3v) is 4.02. The average molecular weight is 273 g/mol. The Kier molecular flexibility index (Phi) is 3.30. The molecule has 19 heavy (non-hydrogen) atoms. The molecular formula is C15H13ClN2O. The van der Waals surface area contributed by atoms with Gasteiger partial charge in [-0.1, -0.05) is 42.3 Å². The summed E-state index contributed by atoms with van der Waals surface area (Å²) >= 11 is 5.98. The normalized spacial score (nSPS) is 15.0. The van der Waals surface area contributed by atoms with Crippen molar-refractivity contribution in [2.24, 2.45) is 0 Å². The predicted molar refractivity (Wildman–Crippen MR) is 74.5 cm³/mol. The molecule has 96 valence electrons.